The van der Waals surface area contributed by atoms with E-state index in [0.29, 0.717) is 6.42 Å². The van der Waals surface area contributed by atoms with Crippen LogP contribution in [-0.4, -0.2) is 21.3 Å². The Morgan fingerprint density at radius 3 is 2.13 bits per heavy atom. The fraction of sp³-hybridized carbons (Fsp3) is 0.455. The lowest BCUT2D eigenvalue weighted by Crippen LogP contribution is -2.06. The summed E-state index contributed by atoms with van der Waals surface area (Å²) in [6.45, 7) is 4.25. The van der Waals surface area contributed by atoms with Gasteiger partial charge >= 0.3 is 0 Å². The van der Waals surface area contributed by atoms with Gasteiger partial charge in [-0.1, -0.05) is 29.3 Å². The van der Waals surface area contributed by atoms with E-state index in [0.717, 1.165) is 11.8 Å². The normalized spacial score (nSPS) is 11.7. The van der Waals surface area contributed by atoms with E-state index in [2.05, 4.69) is 10.2 Å². The van der Waals surface area contributed by atoms with Crippen LogP contribution in [0.15, 0.2) is 18.2 Å². The molecule has 0 aliphatic heterocycles. The Balaban J connectivity index is 2.58. The van der Waals surface area contributed by atoms with E-state index in [1.807, 2.05) is 26.0 Å². The van der Waals surface area contributed by atoms with E-state index in [1.165, 1.54) is 11.1 Å². The van der Waals surface area contributed by atoms with Gasteiger partial charge in [0, 0.05) is 0 Å². The molecule has 84 valence electrons. The Kier molecular flexibility index (Phi) is 3.88. The molecule has 0 saturated heterocycles. The van der Waals surface area contributed by atoms with Gasteiger partial charge in [0.15, 0.2) is 0 Å². The summed E-state index contributed by atoms with van der Waals surface area (Å²) in [6.07, 6.45) is 1.68. The van der Waals surface area contributed by atoms with Crippen molar-refractivity contribution in [3.63, 3.8) is 0 Å². The highest BCUT2D eigenvalue weighted by molar-refractivity contribution is 7.85. The molecule has 0 heterocycles. The largest absolute Gasteiger partial charge is 0.270 e. The molecule has 0 aliphatic carbocycles. The molecule has 0 unspecified atom stereocenters. The molecule has 0 fully saturated rings. The van der Waals surface area contributed by atoms with Crippen LogP contribution in [0.25, 0.3) is 0 Å². The van der Waals surface area contributed by atoms with Gasteiger partial charge in [-0.3, -0.25) is 4.18 Å². The van der Waals surface area contributed by atoms with Crippen LogP contribution in [0.4, 0.5) is 0 Å². The highest BCUT2D eigenvalue weighted by atomic mass is 32.2. The van der Waals surface area contributed by atoms with Crippen LogP contribution in [0.5, 0.6) is 0 Å². The summed E-state index contributed by atoms with van der Waals surface area (Å²) in [5.74, 6) is 0. The van der Waals surface area contributed by atoms with Crippen molar-refractivity contribution in [3.8, 4) is 0 Å². The first-order valence-electron chi connectivity index (χ1n) is 4.78. The maximum atomic E-state index is 10.7. The summed E-state index contributed by atoms with van der Waals surface area (Å²) < 4.78 is 26.2. The lowest BCUT2D eigenvalue weighted by molar-refractivity contribution is 0.326. The second-order valence-electron chi connectivity index (χ2n) is 3.77. The van der Waals surface area contributed by atoms with Crippen molar-refractivity contribution in [2.75, 3.05) is 12.9 Å². The van der Waals surface area contributed by atoms with E-state index in [1.54, 1.807) is 0 Å². The second-order valence-corrected chi connectivity index (χ2v) is 5.42. The van der Waals surface area contributed by atoms with Crippen LogP contribution in [0, 0.1) is 13.8 Å². The summed E-state index contributed by atoms with van der Waals surface area (Å²) >= 11 is 0. The first-order valence-corrected chi connectivity index (χ1v) is 6.60. The zero-order valence-electron chi connectivity index (χ0n) is 9.28. The van der Waals surface area contributed by atoms with Crippen LogP contribution in [0.2, 0.25) is 0 Å². The van der Waals surface area contributed by atoms with Crippen molar-refractivity contribution in [1.29, 1.82) is 0 Å². The minimum Gasteiger partial charge on any atom is -0.270 e. The third-order valence-corrected chi connectivity index (χ3v) is 2.56. The highest BCUT2D eigenvalue weighted by Gasteiger charge is 2.02. The number of hydrogen-bond donors (Lipinski definition) is 0. The molecule has 0 N–H and O–H groups in total. The molecule has 0 aliphatic rings. The quantitative estimate of drug-likeness (QED) is 0.738. The Hall–Kier alpha value is -0.870. The second kappa shape index (κ2) is 4.77. The lowest BCUT2D eigenvalue weighted by Gasteiger charge is -2.04. The maximum Gasteiger partial charge on any atom is 0.264 e. The van der Waals surface area contributed by atoms with Gasteiger partial charge in [-0.15, -0.1) is 0 Å². The van der Waals surface area contributed by atoms with Gasteiger partial charge in [0.05, 0.1) is 12.9 Å². The molecule has 15 heavy (non-hydrogen) atoms. The molecular weight excluding hydrogens is 212 g/mol. The molecule has 0 spiro atoms. The smallest absolute Gasteiger partial charge is 0.264 e. The van der Waals surface area contributed by atoms with Crippen molar-refractivity contribution in [3.05, 3.63) is 34.9 Å². The highest BCUT2D eigenvalue weighted by Crippen LogP contribution is 2.09. The Labute approximate surface area is 91.2 Å². The fourth-order valence-electron chi connectivity index (χ4n) is 1.52. The molecule has 4 heteroatoms. The SMILES string of the molecule is Cc1cc(C)cc(CCOS(C)(=O)=O)c1. The molecule has 0 radical (unpaired) electrons. The van der Waals surface area contributed by atoms with Gasteiger partial charge in [-0.2, -0.15) is 8.42 Å². The summed E-state index contributed by atoms with van der Waals surface area (Å²) in [4.78, 5) is 0. The fourth-order valence-corrected chi connectivity index (χ4v) is 1.91. The first kappa shape index (κ1) is 12.2. The molecule has 0 atom stereocenters. The predicted molar refractivity (Wildman–Crippen MR) is 60.4 cm³/mol. The predicted octanol–water partition coefficient (Wildman–Crippen LogP) is 1.82. The third-order valence-electron chi connectivity index (χ3n) is 1.97. The van der Waals surface area contributed by atoms with Gasteiger partial charge < -0.3 is 0 Å². The van der Waals surface area contributed by atoms with Crippen LogP contribution in [0.3, 0.4) is 0 Å². The molecule has 1 rings (SSSR count). The average molecular weight is 228 g/mol. The zero-order chi connectivity index (χ0) is 11.5. The van der Waals surface area contributed by atoms with E-state index in [-0.39, 0.29) is 6.61 Å². The topological polar surface area (TPSA) is 43.4 Å². The van der Waals surface area contributed by atoms with Gasteiger partial charge in [-0.05, 0) is 25.8 Å². The number of benzene rings is 1. The van der Waals surface area contributed by atoms with Crippen molar-refractivity contribution in [1.82, 2.24) is 0 Å². The number of aryl methyl sites for hydroxylation is 2. The van der Waals surface area contributed by atoms with Crippen LogP contribution >= 0.6 is 0 Å². The Bertz CT molecular complexity index is 415. The third kappa shape index (κ3) is 4.95. The minimum absolute atomic E-state index is 0.210. The van der Waals surface area contributed by atoms with Gasteiger partial charge in [0.1, 0.15) is 0 Å². The molecule has 0 amide bonds. The molecule has 1 aromatic carbocycles. The van der Waals surface area contributed by atoms with E-state index < -0.39 is 10.1 Å². The Morgan fingerprint density at radius 1 is 1.13 bits per heavy atom. The first-order chi connectivity index (χ1) is 6.87. The van der Waals surface area contributed by atoms with Crippen molar-refractivity contribution in [2.24, 2.45) is 0 Å². The molecule has 3 nitrogen and oxygen atoms in total. The monoisotopic (exact) mass is 228 g/mol. The van der Waals surface area contributed by atoms with Crippen LogP contribution < -0.4 is 0 Å². The standard InChI is InChI=1S/C11H16O3S/c1-9-6-10(2)8-11(7-9)4-5-14-15(3,12)13/h6-8H,4-5H2,1-3H3. The van der Waals surface area contributed by atoms with E-state index in [4.69, 9.17) is 0 Å². The molecule has 0 saturated carbocycles. The van der Waals surface area contributed by atoms with Crippen LogP contribution in [-0.2, 0) is 20.7 Å². The molecule has 0 aromatic heterocycles. The van der Waals surface area contributed by atoms with Gasteiger partial charge in [0.2, 0.25) is 0 Å². The van der Waals surface area contributed by atoms with Crippen LogP contribution in [0.1, 0.15) is 16.7 Å². The molecular formula is C11H16O3S. The van der Waals surface area contributed by atoms with Gasteiger partial charge in [0.25, 0.3) is 10.1 Å². The van der Waals surface area contributed by atoms with E-state index >= 15 is 0 Å². The summed E-state index contributed by atoms with van der Waals surface area (Å²) in [5.41, 5.74) is 3.48. The average Bonchev–Trinajstić information content (AvgIpc) is 1.99. The lowest BCUT2D eigenvalue weighted by atomic mass is 10.1. The minimum atomic E-state index is -3.31. The summed E-state index contributed by atoms with van der Waals surface area (Å²) in [7, 11) is -3.31. The summed E-state index contributed by atoms with van der Waals surface area (Å²) in [6, 6.07) is 6.16. The summed E-state index contributed by atoms with van der Waals surface area (Å²) in [5, 5.41) is 0. The van der Waals surface area contributed by atoms with E-state index in [9.17, 15) is 8.42 Å². The van der Waals surface area contributed by atoms with Crippen molar-refractivity contribution < 1.29 is 12.6 Å². The molecule has 0 bridgehead atoms. The number of hydrogen-bond acceptors (Lipinski definition) is 3. The van der Waals surface area contributed by atoms with Crippen molar-refractivity contribution >= 4 is 10.1 Å². The number of rotatable bonds is 4. The zero-order valence-corrected chi connectivity index (χ0v) is 10.1. The maximum absolute atomic E-state index is 10.7. The van der Waals surface area contributed by atoms with Crippen molar-refractivity contribution in [2.45, 2.75) is 20.3 Å². The Morgan fingerprint density at radius 2 is 1.67 bits per heavy atom. The van der Waals surface area contributed by atoms with Gasteiger partial charge in [-0.25, -0.2) is 0 Å². The molecule has 1 aromatic rings.